The number of nitrogens with one attached hydrogen (secondary N) is 1. The van der Waals surface area contributed by atoms with Gasteiger partial charge in [-0.25, -0.2) is 0 Å². The molecule has 1 fully saturated rings. The Bertz CT molecular complexity index is 1650. The van der Waals surface area contributed by atoms with Crippen LogP contribution >= 0.6 is 0 Å². The molecule has 1 aromatic heterocycles. The molecule has 210 valence electrons. The summed E-state index contributed by atoms with van der Waals surface area (Å²) in [5.74, 6) is 0.349. The molecule has 41 heavy (non-hydrogen) atoms. The molecule has 2 N–H and O–H groups in total. The highest BCUT2D eigenvalue weighted by Gasteiger charge is 2.87. The van der Waals surface area contributed by atoms with Crippen molar-refractivity contribution in [2.24, 2.45) is 5.92 Å². The zero-order valence-electron chi connectivity index (χ0n) is 23.1. The number of fused-ring (bicyclic) bond motifs is 3. The predicted molar refractivity (Wildman–Crippen MR) is 149 cm³/mol. The van der Waals surface area contributed by atoms with Gasteiger partial charge < -0.3 is 38.7 Å². The normalized spacial score (nSPS) is 28.4. The van der Waals surface area contributed by atoms with E-state index in [1.165, 1.54) is 7.11 Å². The van der Waals surface area contributed by atoms with E-state index in [-0.39, 0.29) is 0 Å². The summed E-state index contributed by atoms with van der Waals surface area (Å²) in [6, 6.07) is 24.4. The monoisotopic (exact) mass is 554 g/mol. The molecule has 1 aliphatic carbocycles. The highest BCUT2D eigenvalue weighted by Crippen LogP contribution is 2.77. The first-order valence-electron chi connectivity index (χ1n) is 13.3. The molecule has 0 radical (unpaired) electrons. The number of nitrogens with zero attached hydrogens (tertiary/aromatic N) is 1. The van der Waals surface area contributed by atoms with Gasteiger partial charge in [0.15, 0.2) is 16.9 Å². The van der Waals surface area contributed by atoms with Crippen LogP contribution in [0.3, 0.4) is 0 Å². The van der Waals surface area contributed by atoms with E-state index < -0.39 is 34.7 Å². The smallest absolute Gasteiger partial charge is 0.314 e. The van der Waals surface area contributed by atoms with Crippen molar-refractivity contribution in [3.8, 4) is 23.0 Å². The van der Waals surface area contributed by atoms with Crippen molar-refractivity contribution in [2.75, 3.05) is 33.8 Å². The minimum absolute atomic E-state index is 0.448. The average Bonchev–Trinajstić information content (AvgIpc) is 3.71. The molecule has 9 heteroatoms. The van der Waals surface area contributed by atoms with Gasteiger partial charge in [0.05, 0.1) is 34.0 Å². The average molecular weight is 555 g/mol. The van der Waals surface area contributed by atoms with Crippen molar-refractivity contribution in [1.29, 1.82) is 0 Å². The minimum atomic E-state index is -1.90. The molecule has 5 atom stereocenters. The Morgan fingerprint density at radius 1 is 0.902 bits per heavy atom. The summed E-state index contributed by atoms with van der Waals surface area (Å²) in [6.07, 6.45) is 1.77. The lowest BCUT2D eigenvalue weighted by molar-refractivity contribution is -0.168. The molecule has 1 spiro atoms. The first kappa shape index (κ1) is 25.3. The number of esters is 1. The summed E-state index contributed by atoms with van der Waals surface area (Å²) in [4.78, 5) is 14.0. The number of methoxy groups -OCH3 is 4. The minimum Gasteiger partial charge on any atom is -0.497 e. The maximum atomic E-state index is 14.0. The fourth-order valence-corrected chi connectivity index (χ4v) is 7.54. The third kappa shape index (κ3) is 2.86. The number of aromatic nitrogens is 1. The summed E-state index contributed by atoms with van der Waals surface area (Å²) in [7, 11) is 6.08. The van der Waals surface area contributed by atoms with E-state index in [1.54, 1.807) is 44.2 Å². The molecule has 0 bridgehead atoms. The molecule has 7 rings (SSSR count). The number of benzene rings is 3. The number of hydrogen-bond acceptors (Lipinski definition) is 8. The van der Waals surface area contributed by atoms with Gasteiger partial charge in [-0.2, -0.15) is 0 Å². The topological polar surface area (TPSA) is 100 Å². The molecule has 4 aromatic rings. The van der Waals surface area contributed by atoms with Crippen LogP contribution in [0.1, 0.15) is 22.6 Å². The Balaban J connectivity index is 1.67. The largest absolute Gasteiger partial charge is 0.497 e. The third-order valence-corrected chi connectivity index (χ3v) is 9.02. The van der Waals surface area contributed by atoms with Crippen LogP contribution in [0.5, 0.6) is 23.0 Å². The summed E-state index contributed by atoms with van der Waals surface area (Å²) in [5.41, 5.74) is -2.61. The van der Waals surface area contributed by atoms with Crippen LogP contribution in [0.4, 0.5) is 5.82 Å². The number of hydrogen-bond donors (Lipinski definition) is 2. The maximum Gasteiger partial charge on any atom is 0.314 e. The molecule has 0 amide bonds. The number of anilines is 1. The van der Waals surface area contributed by atoms with Gasteiger partial charge in [-0.3, -0.25) is 4.79 Å². The van der Waals surface area contributed by atoms with Gasteiger partial charge in [0.25, 0.3) is 0 Å². The first-order valence-corrected chi connectivity index (χ1v) is 13.3. The SMILES string of the molecule is COC(=O)[C@@H]1[C@@H](c2ccccc2)[C@]2(c3ccc(OC)cc3)Oc3cc(OC)cc(OC)c3[C@@]23Nc2cccn2[C@@]13O. The van der Waals surface area contributed by atoms with E-state index in [0.717, 1.165) is 11.1 Å². The fourth-order valence-electron chi connectivity index (χ4n) is 7.54. The maximum absolute atomic E-state index is 14.0. The zero-order chi connectivity index (χ0) is 28.6. The number of ether oxygens (including phenoxy) is 5. The van der Waals surface area contributed by atoms with Gasteiger partial charge in [0, 0.05) is 24.2 Å². The molecule has 3 aromatic carbocycles. The molecule has 2 aliphatic heterocycles. The van der Waals surface area contributed by atoms with Crippen LogP contribution in [-0.2, 0) is 26.4 Å². The number of carbonyl (C=O) groups is 1. The van der Waals surface area contributed by atoms with E-state index in [9.17, 15) is 9.90 Å². The Morgan fingerprint density at radius 3 is 2.29 bits per heavy atom. The number of aliphatic hydroxyl groups is 1. The Kier molecular flexibility index (Phi) is 5.37. The van der Waals surface area contributed by atoms with E-state index in [4.69, 9.17) is 23.7 Å². The van der Waals surface area contributed by atoms with Crippen molar-refractivity contribution >= 4 is 11.8 Å². The zero-order valence-corrected chi connectivity index (χ0v) is 23.1. The van der Waals surface area contributed by atoms with E-state index in [2.05, 4.69) is 5.32 Å². The van der Waals surface area contributed by atoms with Gasteiger partial charge in [0.2, 0.25) is 0 Å². The highest BCUT2D eigenvalue weighted by atomic mass is 16.5. The summed E-state index contributed by atoms with van der Waals surface area (Å²) in [5, 5.41) is 17.0. The second kappa shape index (κ2) is 8.68. The van der Waals surface area contributed by atoms with E-state index in [0.29, 0.717) is 34.4 Å². The lowest BCUT2D eigenvalue weighted by Crippen LogP contribution is -2.60. The molecule has 1 saturated carbocycles. The van der Waals surface area contributed by atoms with Gasteiger partial charge in [-0.05, 0) is 35.4 Å². The summed E-state index contributed by atoms with van der Waals surface area (Å²) in [6.45, 7) is 0. The van der Waals surface area contributed by atoms with Gasteiger partial charge in [-0.1, -0.05) is 42.5 Å². The van der Waals surface area contributed by atoms with Crippen molar-refractivity contribution in [3.05, 3.63) is 102 Å². The van der Waals surface area contributed by atoms with Gasteiger partial charge in [0.1, 0.15) is 34.7 Å². The molecular weight excluding hydrogens is 524 g/mol. The Morgan fingerprint density at radius 2 is 1.63 bits per heavy atom. The quantitative estimate of drug-likeness (QED) is 0.340. The van der Waals surface area contributed by atoms with Crippen LogP contribution in [0.2, 0.25) is 0 Å². The van der Waals surface area contributed by atoms with Gasteiger partial charge in [-0.15, -0.1) is 0 Å². The van der Waals surface area contributed by atoms with E-state index >= 15 is 0 Å². The Labute approximate surface area is 237 Å². The summed E-state index contributed by atoms with van der Waals surface area (Å²) >= 11 is 0. The first-order chi connectivity index (χ1) is 19.9. The standard InChI is InChI=1S/C32H30N2O7/c1-37-21-14-12-20(13-15-21)30-26(19-9-6-5-7-10-19)28(29(35)40-4)32(36)31(30,33-25-11-8-16-34(25)32)27-23(39-3)17-22(38-2)18-24(27)41-30/h5-18,26,28,33,36H,1-4H3/t26-,28+,30+,31-,32-/m1/s1. The highest BCUT2D eigenvalue weighted by molar-refractivity contribution is 5.82. The van der Waals surface area contributed by atoms with Crippen LogP contribution < -0.4 is 24.3 Å². The molecule has 0 saturated heterocycles. The third-order valence-electron chi connectivity index (χ3n) is 9.02. The number of carbonyl (C=O) groups excluding carboxylic acids is 1. The van der Waals surface area contributed by atoms with Crippen LogP contribution in [0, 0.1) is 5.92 Å². The van der Waals surface area contributed by atoms with E-state index in [1.807, 2.05) is 66.7 Å². The second-order valence-corrected chi connectivity index (χ2v) is 10.5. The lowest BCUT2D eigenvalue weighted by Gasteiger charge is -2.44. The molecular formula is C32H30N2O7. The van der Waals surface area contributed by atoms with Crippen LogP contribution in [0.25, 0.3) is 0 Å². The fraction of sp³-hybridized carbons (Fsp3) is 0.281. The molecule has 0 unspecified atom stereocenters. The predicted octanol–water partition coefficient (Wildman–Crippen LogP) is 4.35. The molecule has 9 nitrogen and oxygen atoms in total. The Hall–Kier alpha value is -4.63. The second-order valence-electron chi connectivity index (χ2n) is 10.5. The van der Waals surface area contributed by atoms with Gasteiger partial charge >= 0.3 is 5.97 Å². The van der Waals surface area contributed by atoms with Crippen molar-refractivity contribution in [3.63, 3.8) is 0 Å². The van der Waals surface area contributed by atoms with Crippen LogP contribution in [0.15, 0.2) is 85.1 Å². The summed E-state index contributed by atoms with van der Waals surface area (Å²) < 4.78 is 31.4. The van der Waals surface area contributed by atoms with Crippen molar-refractivity contribution in [2.45, 2.75) is 22.8 Å². The van der Waals surface area contributed by atoms with Crippen molar-refractivity contribution < 1.29 is 33.6 Å². The molecule has 3 heterocycles. The number of rotatable bonds is 6. The lowest BCUT2D eigenvalue weighted by atomic mass is 9.68. The van der Waals surface area contributed by atoms with Crippen LogP contribution in [-0.4, -0.2) is 44.1 Å². The molecule has 3 aliphatic rings. The van der Waals surface area contributed by atoms with Crippen molar-refractivity contribution in [1.82, 2.24) is 4.57 Å².